The number of piperidine rings is 1. The molecule has 0 aromatic heterocycles. The van der Waals surface area contributed by atoms with Crippen LogP contribution in [0.2, 0.25) is 0 Å². The number of hydrogen-bond donors (Lipinski definition) is 1. The second kappa shape index (κ2) is 7.22. The molecule has 1 N–H and O–H groups in total. The summed E-state index contributed by atoms with van der Waals surface area (Å²) in [5, 5.41) is 13.7. The molecule has 0 spiro atoms. The molecule has 1 aromatic carbocycles. The summed E-state index contributed by atoms with van der Waals surface area (Å²) in [6.45, 7) is 4.20. The molecular weight excluding hydrogens is 286 g/mol. The van der Waals surface area contributed by atoms with Gasteiger partial charge in [-0.25, -0.2) is 0 Å². The van der Waals surface area contributed by atoms with Crippen LogP contribution in [0.25, 0.3) is 0 Å². The SMILES string of the molecule is COc1ccc(NC(=O)CN2CCC[C@@H](C)C2)c([N+](=O)[O-])c1. The van der Waals surface area contributed by atoms with Gasteiger partial charge >= 0.3 is 0 Å². The molecule has 1 aliphatic heterocycles. The van der Waals surface area contributed by atoms with Crippen LogP contribution in [-0.4, -0.2) is 42.5 Å². The maximum Gasteiger partial charge on any atom is 0.296 e. The van der Waals surface area contributed by atoms with Gasteiger partial charge in [0, 0.05) is 6.54 Å². The van der Waals surface area contributed by atoms with Crippen LogP contribution in [0.1, 0.15) is 19.8 Å². The Morgan fingerprint density at radius 1 is 1.55 bits per heavy atom. The molecule has 0 bridgehead atoms. The molecule has 1 atom stereocenters. The number of nitrogens with one attached hydrogen (secondary N) is 1. The average molecular weight is 307 g/mol. The maximum atomic E-state index is 12.1. The lowest BCUT2D eigenvalue weighted by Gasteiger charge is -2.30. The standard InChI is InChI=1S/C15H21N3O4/c1-11-4-3-7-17(9-11)10-15(19)16-13-6-5-12(22-2)8-14(13)18(20)21/h5-6,8,11H,3-4,7,9-10H2,1-2H3,(H,16,19)/t11-/m1/s1. The van der Waals surface area contributed by atoms with Crippen LogP contribution in [-0.2, 0) is 4.79 Å². The van der Waals surface area contributed by atoms with Crippen LogP contribution in [0.15, 0.2) is 18.2 Å². The molecule has 7 nitrogen and oxygen atoms in total. The summed E-state index contributed by atoms with van der Waals surface area (Å²) in [6.07, 6.45) is 2.26. The molecule has 0 radical (unpaired) electrons. The minimum absolute atomic E-state index is 0.167. The van der Waals surface area contributed by atoms with Crippen molar-refractivity contribution < 1.29 is 14.5 Å². The van der Waals surface area contributed by atoms with Crippen LogP contribution >= 0.6 is 0 Å². The number of nitro benzene ring substituents is 1. The predicted octanol–water partition coefficient (Wildman–Crippen LogP) is 2.27. The number of methoxy groups -OCH3 is 1. The van der Waals surface area contributed by atoms with Crippen LogP contribution in [0.5, 0.6) is 5.75 Å². The lowest BCUT2D eigenvalue weighted by molar-refractivity contribution is -0.384. The van der Waals surface area contributed by atoms with Gasteiger partial charge < -0.3 is 10.1 Å². The summed E-state index contributed by atoms with van der Waals surface area (Å²) in [4.78, 5) is 24.8. The van der Waals surface area contributed by atoms with Crippen molar-refractivity contribution in [1.29, 1.82) is 0 Å². The Balaban J connectivity index is 2.03. The van der Waals surface area contributed by atoms with E-state index in [2.05, 4.69) is 17.1 Å². The zero-order valence-electron chi connectivity index (χ0n) is 12.9. The number of rotatable bonds is 5. The van der Waals surface area contributed by atoms with E-state index in [9.17, 15) is 14.9 Å². The molecule has 1 saturated heterocycles. The number of nitro groups is 1. The minimum atomic E-state index is -0.527. The van der Waals surface area contributed by atoms with Crippen molar-refractivity contribution in [2.45, 2.75) is 19.8 Å². The number of nitrogens with zero attached hydrogens (tertiary/aromatic N) is 2. The maximum absolute atomic E-state index is 12.1. The number of anilines is 1. The van der Waals surface area contributed by atoms with E-state index in [-0.39, 0.29) is 23.8 Å². The zero-order chi connectivity index (χ0) is 16.1. The quantitative estimate of drug-likeness (QED) is 0.666. The highest BCUT2D eigenvalue weighted by Gasteiger charge is 2.21. The second-order valence-corrected chi connectivity index (χ2v) is 5.67. The third kappa shape index (κ3) is 4.17. The molecule has 0 aliphatic carbocycles. The molecule has 1 aliphatic rings. The number of benzene rings is 1. The third-order valence-corrected chi connectivity index (χ3v) is 3.78. The first-order valence-electron chi connectivity index (χ1n) is 7.34. The topological polar surface area (TPSA) is 84.7 Å². The summed E-state index contributed by atoms with van der Waals surface area (Å²) < 4.78 is 4.97. The molecular formula is C15H21N3O4. The number of carbonyl (C=O) groups is 1. The molecule has 120 valence electrons. The second-order valence-electron chi connectivity index (χ2n) is 5.67. The van der Waals surface area contributed by atoms with E-state index in [0.29, 0.717) is 11.7 Å². The first-order chi connectivity index (χ1) is 10.5. The van der Waals surface area contributed by atoms with E-state index >= 15 is 0 Å². The van der Waals surface area contributed by atoms with Crippen LogP contribution in [0, 0.1) is 16.0 Å². The van der Waals surface area contributed by atoms with Gasteiger partial charge in [0.1, 0.15) is 11.4 Å². The number of carbonyl (C=O) groups excluding carboxylic acids is 1. The minimum Gasteiger partial charge on any atom is -0.496 e. The summed E-state index contributed by atoms with van der Waals surface area (Å²) in [5.74, 6) is 0.730. The van der Waals surface area contributed by atoms with Crippen LogP contribution < -0.4 is 10.1 Å². The molecule has 1 amide bonds. The lowest BCUT2D eigenvalue weighted by atomic mass is 10.0. The largest absolute Gasteiger partial charge is 0.496 e. The Morgan fingerprint density at radius 3 is 2.95 bits per heavy atom. The molecule has 1 aromatic rings. The summed E-state index contributed by atoms with van der Waals surface area (Å²) in [7, 11) is 1.44. The number of hydrogen-bond acceptors (Lipinski definition) is 5. The van der Waals surface area contributed by atoms with Crippen molar-refractivity contribution >= 4 is 17.3 Å². The Morgan fingerprint density at radius 2 is 2.32 bits per heavy atom. The van der Waals surface area contributed by atoms with Gasteiger partial charge in [-0.1, -0.05) is 6.92 Å². The van der Waals surface area contributed by atoms with E-state index in [0.717, 1.165) is 19.5 Å². The van der Waals surface area contributed by atoms with Gasteiger partial charge in [0.25, 0.3) is 5.69 Å². The zero-order valence-corrected chi connectivity index (χ0v) is 12.9. The highest BCUT2D eigenvalue weighted by Crippen LogP contribution is 2.29. The Labute approximate surface area is 129 Å². The van der Waals surface area contributed by atoms with Crippen molar-refractivity contribution in [2.75, 3.05) is 32.1 Å². The number of ether oxygens (including phenoxy) is 1. The van der Waals surface area contributed by atoms with Crippen molar-refractivity contribution in [2.24, 2.45) is 5.92 Å². The fraction of sp³-hybridized carbons (Fsp3) is 0.533. The van der Waals surface area contributed by atoms with Crippen LogP contribution in [0.4, 0.5) is 11.4 Å². The van der Waals surface area contributed by atoms with Crippen molar-refractivity contribution in [3.8, 4) is 5.75 Å². The Hall–Kier alpha value is -2.15. The van der Waals surface area contributed by atoms with E-state index in [1.54, 1.807) is 6.07 Å². The van der Waals surface area contributed by atoms with Gasteiger partial charge in [-0.2, -0.15) is 0 Å². The molecule has 1 heterocycles. The average Bonchev–Trinajstić information content (AvgIpc) is 2.47. The van der Waals surface area contributed by atoms with Crippen molar-refractivity contribution in [3.63, 3.8) is 0 Å². The summed E-state index contributed by atoms with van der Waals surface area (Å²) in [6, 6.07) is 4.39. The molecule has 7 heteroatoms. The third-order valence-electron chi connectivity index (χ3n) is 3.78. The van der Waals surface area contributed by atoms with Gasteiger partial charge in [-0.05, 0) is 37.4 Å². The van der Waals surface area contributed by atoms with Gasteiger partial charge in [0.2, 0.25) is 5.91 Å². The van der Waals surface area contributed by atoms with E-state index in [1.807, 2.05) is 0 Å². The highest BCUT2D eigenvalue weighted by atomic mass is 16.6. The Kier molecular flexibility index (Phi) is 5.32. The fourth-order valence-corrected chi connectivity index (χ4v) is 2.72. The van der Waals surface area contributed by atoms with Crippen molar-refractivity contribution in [3.05, 3.63) is 28.3 Å². The Bertz CT molecular complexity index is 562. The van der Waals surface area contributed by atoms with Gasteiger partial charge in [0.15, 0.2) is 0 Å². The molecule has 0 unspecified atom stereocenters. The first-order valence-corrected chi connectivity index (χ1v) is 7.34. The molecule has 0 saturated carbocycles. The summed E-state index contributed by atoms with van der Waals surface area (Å²) in [5.41, 5.74) is 0.0283. The normalized spacial score (nSPS) is 18.7. The van der Waals surface area contributed by atoms with E-state index in [1.165, 1.54) is 25.7 Å². The molecule has 2 rings (SSSR count). The smallest absolute Gasteiger partial charge is 0.296 e. The first kappa shape index (κ1) is 16.2. The molecule has 1 fully saturated rings. The monoisotopic (exact) mass is 307 g/mol. The lowest BCUT2D eigenvalue weighted by Crippen LogP contribution is -2.39. The summed E-state index contributed by atoms with van der Waals surface area (Å²) >= 11 is 0. The number of amides is 1. The van der Waals surface area contributed by atoms with Gasteiger partial charge in [0.05, 0.1) is 24.6 Å². The fourth-order valence-electron chi connectivity index (χ4n) is 2.72. The van der Waals surface area contributed by atoms with E-state index in [4.69, 9.17) is 4.74 Å². The highest BCUT2D eigenvalue weighted by molar-refractivity contribution is 5.94. The predicted molar refractivity (Wildman–Crippen MR) is 83.1 cm³/mol. The van der Waals surface area contributed by atoms with Gasteiger partial charge in [-0.15, -0.1) is 0 Å². The van der Waals surface area contributed by atoms with Gasteiger partial charge in [-0.3, -0.25) is 19.8 Å². The molecule has 22 heavy (non-hydrogen) atoms. The number of likely N-dealkylation sites (tertiary alicyclic amines) is 1. The van der Waals surface area contributed by atoms with Crippen LogP contribution in [0.3, 0.4) is 0 Å². The van der Waals surface area contributed by atoms with E-state index < -0.39 is 4.92 Å². The van der Waals surface area contributed by atoms with Crippen molar-refractivity contribution in [1.82, 2.24) is 4.90 Å².